The zero-order valence-electron chi connectivity index (χ0n) is 10.6. The lowest BCUT2D eigenvalue weighted by atomic mass is 10.0. The number of aromatic nitrogens is 1. The summed E-state index contributed by atoms with van der Waals surface area (Å²) >= 11 is 0. The predicted molar refractivity (Wildman–Crippen MR) is 69.8 cm³/mol. The molecule has 2 aromatic rings. The van der Waals surface area contributed by atoms with E-state index in [-0.39, 0.29) is 5.75 Å². The van der Waals surface area contributed by atoms with E-state index in [1.165, 1.54) is 0 Å². The normalized spacial score (nSPS) is 12.8. The van der Waals surface area contributed by atoms with Crippen LogP contribution in [0.3, 0.4) is 0 Å². The SMILES string of the molecule is CCn1cc(CC(C)C(=O)O)c2c(O)cccc21. The molecular weight excluding hydrogens is 230 g/mol. The Morgan fingerprint density at radius 1 is 1.44 bits per heavy atom. The number of benzene rings is 1. The second-order valence-corrected chi connectivity index (χ2v) is 4.56. The summed E-state index contributed by atoms with van der Waals surface area (Å²) in [5.74, 6) is -1.06. The first kappa shape index (κ1) is 12.5. The van der Waals surface area contributed by atoms with E-state index < -0.39 is 11.9 Å². The lowest BCUT2D eigenvalue weighted by molar-refractivity contribution is -0.141. The maximum absolute atomic E-state index is 10.9. The fourth-order valence-electron chi connectivity index (χ4n) is 2.25. The molecule has 0 bridgehead atoms. The van der Waals surface area contributed by atoms with Crippen molar-refractivity contribution in [3.8, 4) is 5.75 Å². The van der Waals surface area contributed by atoms with E-state index in [0.29, 0.717) is 6.42 Å². The molecule has 2 N–H and O–H groups in total. The molecule has 4 heteroatoms. The van der Waals surface area contributed by atoms with Crippen molar-refractivity contribution in [1.82, 2.24) is 4.57 Å². The topological polar surface area (TPSA) is 62.5 Å². The molecule has 0 fully saturated rings. The number of aromatic hydroxyl groups is 1. The zero-order valence-corrected chi connectivity index (χ0v) is 10.6. The highest BCUT2D eigenvalue weighted by molar-refractivity contribution is 5.90. The van der Waals surface area contributed by atoms with Crippen LogP contribution in [0.5, 0.6) is 5.75 Å². The van der Waals surface area contributed by atoms with Crippen LogP contribution in [0.15, 0.2) is 24.4 Å². The number of nitrogens with zero attached hydrogens (tertiary/aromatic N) is 1. The van der Waals surface area contributed by atoms with Crippen molar-refractivity contribution in [3.05, 3.63) is 30.0 Å². The number of fused-ring (bicyclic) bond motifs is 1. The molecule has 0 radical (unpaired) electrons. The van der Waals surface area contributed by atoms with E-state index in [9.17, 15) is 9.90 Å². The van der Waals surface area contributed by atoms with Gasteiger partial charge in [0.05, 0.1) is 11.4 Å². The van der Waals surface area contributed by atoms with Crippen LogP contribution in [0.2, 0.25) is 0 Å². The zero-order chi connectivity index (χ0) is 13.3. The van der Waals surface area contributed by atoms with Crippen LogP contribution in [-0.2, 0) is 17.8 Å². The van der Waals surface area contributed by atoms with Crippen LogP contribution in [0.1, 0.15) is 19.4 Å². The van der Waals surface area contributed by atoms with Gasteiger partial charge in [-0.1, -0.05) is 13.0 Å². The van der Waals surface area contributed by atoms with Gasteiger partial charge in [0.25, 0.3) is 0 Å². The van der Waals surface area contributed by atoms with Crippen molar-refractivity contribution >= 4 is 16.9 Å². The number of aryl methyl sites for hydroxylation is 1. The number of phenolic OH excluding ortho intramolecular Hbond substituents is 1. The molecular formula is C14H17NO3. The maximum Gasteiger partial charge on any atom is 0.306 e. The molecule has 18 heavy (non-hydrogen) atoms. The van der Waals surface area contributed by atoms with Crippen molar-refractivity contribution in [2.45, 2.75) is 26.8 Å². The maximum atomic E-state index is 10.9. The molecule has 0 amide bonds. The molecule has 1 aromatic heterocycles. The number of hydrogen-bond acceptors (Lipinski definition) is 2. The number of carboxylic acid groups (broad SMARTS) is 1. The highest BCUT2D eigenvalue weighted by Crippen LogP contribution is 2.31. The van der Waals surface area contributed by atoms with Crippen molar-refractivity contribution < 1.29 is 15.0 Å². The Kier molecular flexibility index (Phi) is 3.28. The molecule has 1 atom stereocenters. The molecule has 1 heterocycles. The van der Waals surface area contributed by atoms with Crippen LogP contribution in [0, 0.1) is 5.92 Å². The standard InChI is InChI=1S/C14H17NO3/c1-3-15-8-10(7-9(2)14(17)18)13-11(15)5-4-6-12(13)16/h4-6,8-9,16H,3,7H2,1-2H3,(H,17,18). The number of carboxylic acids is 1. The lowest BCUT2D eigenvalue weighted by Crippen LogP contribution is -2.12. The fourth-order valence-corrected chi connectivity index (χ4v) is 2.25. The number of aliphatic carboxylic acids is 1. The molecule has 0 spiro atoms. The van der Waals surface area contributed by atoms with Crippen LogP contribution >= 0.6 is 0 Å². The Hall–Kier alpha value is -1.97. The van der Waals surface area contributed by atoms with Crippen molar-refractivity contribution in [1.29, 1.82) is 0 Å². The van der Waals surface area contributed by atoms with Gasteiger partial charge >= 0.3 is 5.97 Å². The van der Waals surface area contributed by atoms with Crippen molar-refractivity contribution in [3.63, 3.8) is 0 Å². The van der Waals surface area contributed by atoms with E-state index in [0.717, 1.165) is 23.0 Å². The number of hydrogen-bond donors (Lipinski definition) is 2. The minimum atomic E-state index is -0.817. The van der Waals surface area contributed by atoms with Gasteiger partial charge in [0.2, 0.25) is 0 Å². The number of carbonyl (C=O) groups is 1. The number of rotatable bonds is 4. The van der Waals surface area contributed by atoms with Gasteiger partial charge in [-0.2, -0.15) is 0 Å². The molecule has 0 saturated heterocycles. The van der Waals surface area contributed by atoms with Crippen LogP contribution < -0.4 is 0 Å². The molecule has 0 aliphatic heterocycles. The van der Waals surface area contributed by atoms with E-state index >= 15 is 0 Å². The molecule has 0 saturated carbocycles. The molecule has 0 aliphatic rings. The molecule has 0 aliphatic carbocycles. The molecule has 2 rings (SSSR count). The van der Waals surface area contributed by atoms with Gasteiger partial charge in [0, 0.05) is 18.1 Å². The highest BCUT2D eigenvalue weighted by Gasteiger charge is 2.17. The van der Waals surface area contributed by atoms with E-state index in [1.807, 2.05) is 23.8 Å². The Bertz CT molecular complexity index is 586. The van der Waals surface area contributed by atoms with Crippen molar-refractivity contribution in [2.75, 3.05) is 0 Å². The van der Waals surface area contributed by atoms with Gasteiger partial charge < -0.3 is 14.8 Å². The summed E-state index contributed by atoms with van der Waals surface area (Å²) < 4.78 is 2.03. The third-order valence-electron chi connectivity index (χ3n) is 3.25. The average Bonchev–Trinajstić information content (AvgIpc) is 2.68. The Balaban J connectivity index is 2.53. The van der Waals surface area contributed by atoms with E-state index in [1.54, 1.807) is 19.1 Å². The van der Waals surface area contributed by atoms with Crippen LogP contribution in [0.25, 0.3) is 10.9 Å². The second kappa shape index (κ2) is 4.72. The van der Waals surface area contributed by atoms with Gasteiger partial charge in [-0.3, -0.25) is 4.79 Å². The third-order valence-corrected chi connectivity index (χ3v) is 3.25. The summed E-state index contributed by atoms with van der Waals surface area (Å²) in [7, 11) is 0. The quantitative estimate of drug-likeness (QED) is 0.873. The second-order valence-electron chi connectivity index (χ2n) is 4.56. The predicted octanol–water partition coefficient (Wildman–Crippen LogP) is 2.63. The van der Waals surface area contributed by atoms with Crippen LogP contribution in [-0.4, -0.2) is 20.7 Å². The summed E-state index contributed by atoms with van der Waals surface area (Å²) in [6, 6.07) is 5.37. The van der Waals surface area contributed by atoms with E-state index in [2.05, 4.69) is 0 Å². The van der Waals surface area contributed by atoms with E-state index in [4.69, 9.17) is 5.11 Å². The summed E-state index contributed by atoms with van der Waals surface area (Å²) in [5, 5.41) is 19.7. The van der Waals surface area contributed by atoms with Gasteiger partial charge in [0.1, 0.15) is 5.75 Å². The summed E-state index contributed by atoms with van der Waals surface area (Å²) in [6.45, 7) is 4.49. The molecule has 1 aromatic carbocycles. The minimum Gasteiger partial charge on any atom is -0.507 e. The molecule has 1 unspecified atom stereocenters. The Labute approximate surface area is 105 Å². The van der Waals surface area contributed by atoms with Gasteiger partial charge in [-0.25, -0.2) is 0 Å². The highest BCUT2D eigenvalue weighted by atomic mass is 16.4. The van der Waals surface area contributed by atoms with Gasteiger partial charge in [-0.15, -0.1) is 0 Å². The summed E-state index contributed by atoms with van der Waals surface area (Å²) in [6.07, 6.45) is 2.36. The first-order chi connectivity index (χ1) is 8.54. The Morgan fingerprint density at radius 3 is 2.78 bits per heavy atom. The average molecular weight is 247 g/mol. The first-order valence-corrected chi connectivity index (χ1v) is 6.07. The minimum absolute atomic E-state index is 0.215. The van der Waals surface area contributed by atoms with Crippen molar-refractivity contribution in [2.24, 2.45) is 5.92 Å². The third kappa shape index (κ3) is 2.06. The first-order valence-electron chi connectivity index (χ1n) is 6.07. The summed E-state index contributed by atoms with van der Waals surface area (Å²) in [5.41, 5.74) is 1.84. The largest absolute Gasteiger partial charge is 0.507 e. The van der Waals surface area contributed by atoms with Gasteiger partial charge in [0.15, 0.2) is 0 Å². The fraction of sp³-hybridized carbons (Fsp3) is 0.357. The summed E-state index contributed by atoms with van der Waals surface area (Å²) in [4.78, 5) is 10.9. The monoisotopic (exact) mass is 247 g/mol. The molecule has 96 valence electrons. The lowest BCUT2D eigenvalue weighted by Gasteiger charge is -2.05. The molecule has 4 nitrogen and oxygen atoms in total. The van der Waals surface area contributed by atoms with Gasteiger partial charge in [-0.05, 0) is 31.0 Å². The smallest absolute Gasteiger partial charge is 0.306 e. The van der Waals surface area contributed by atoms with Crippen LogP contribution in [0.4, 0.5) is 0 Å². The Morgan fingerprint density at radius 2 is 2.17 bits per heavy atom. The number of phenols is 1.